The van der Waals surface area contributed by atoms with Crippen LogP contribution in [0.2, 0.25) is 5.02 Å². The van der Waals surface area contributed by atoms with Crippen molar-refractivity contribution in [3.63, 3.8) is 0 Å². The van der Waals surface area contributed by atoms with Gasteiger partial charge < -0.3 is 16.0 Å². The molecular formula is C30H32ClF3N8O. The van der Waals surface area contributed by atoms with Crippen LogP contribution in [0.3, 0.4) is 0 Å². The fourth-order valence-electron chi connectivity index (χ4n) is 5.10. The van der Waals surface area contributed by atoms with Crippen molar-refractivity contribution in [3.8, 4) is 5.95 Å². The molecule has 2 aromatic carbocycles. The van der Waals surface area contributed by atoms with Crippen molar-refractivity contribution < 1.29 is 18.0 Å². The van der Waals surface area contributed by atoms with Crippen molar-refractivity contribution in [1.82, 2.24) is 29.8 Å². The molecule has 4 aromatic rings. The number of halogens is 4. The van der Waals surface area contributed by atoms with E-state index in [2.05, 4.69) is 35.9 Å². The van der Waals surface area contributed by atoms with Crippen LogP contribution in [0.1, 0.15) is 55.2 Å². The first-order valence-corrected chi connectivity index (χ1v) is 14.5. The maximum absolute atomic E-state index is 13.5. The van der Waals surface area contributed by atoms with Gasteiger partial charge in [-0.25, -0.2) is 4.98 Å². The molecule has 0 spiro atoms. The molecule has 0 bridgehead atoms. The van der Waals surface area contributed by atoms with E-state index in [1.54, 1.807) is 29.4 Å². The summed E-state index contributed by atoms with van der Waals surface area (Å²) in [7, 11) is 0. The van der Waals surface area contributed by atoms with Crippen molar-refractivity contribution in [2.45, 2.75) is 63.8 Å². The normalized spacial score (nSPS) is 14.7. The highest BCUT2D eigenvalue weighted by atomic mass is 35.5. The third kappa shape index (κ3) is 8.66. The van der Waals surface area contributed by atoms with E-state index in [9.17, 15) is 18.0 Å². The summed E-state index contributed by atoms with van der Waals surface area (Å²) < 4.78 is 40.5. The molecule has 1 fully saturated rings. The lowest BCUT2D eigenvalue weighted by Crippen LogP contribution is -2.41. The quantitative estimate of drug-likeness (QED) is 0.180. The van der Waals surface area contributed by atoms with Crippen molar-refractivity contribution in [2.24, 2.45) is 5.92 Å². The van der Waals surface area contributed by atoms with Gasteiger partial charge in [0.25, 0.3) is 0 Å². The molecule has 5 rings (SSSR count). The maximum atomic E-state index is 13.5. The summed E-state index contributed by atoms with van der Waals surface area (Å²) in [6.45, 7) is 0.496. The molecule has 0 radical (unpaired) electrons. The zero-order chi connectivity index (χ0) is 30.2. The van der Waals surface area contributed by atoms with Crippen LogP contribution in [-0.2, 0) is 24.1 Å². The number of alkyl halides is 3. The standard InChI is InChI=1S/C30H32ClF3N8O/c31-24-8-4-7-22(15-24)18-37-27-39-28(41-29(40-27)42-14-13-35-19-42)38-25(16-20-5-2-1-3-6-20)26(43)36-17-21-9-11-23(12-10-21)30(32,33)34/h4,7-15,19-20,25H,1-3,5-6,16-18H2,(H,36,43)(H2,37,38,39,40,41)/t25-/m1/s1. The largest absolute Gasteiger partial charge is 0.416 e. The van der Waals surface area contributed by atoms with E-state index in [1.165, 1.54) is 18.6 Å². The summed E-state index contributed by atoms with van der Waals surface area (Å²) in [5.74, 6) is 0.868. The minimum absolute atomic E-state index is 0.0871. The number of anilines is 2. The molecule has 0 unspecified atom stereocenters. The smallest absolute Gasteiger partial charge is 0.350 e. The Balaban J connectivity index is 1.34. The molecule has 2 heterocycles. The van der Waals surface area contributed by atoms with Crippen LogP contribution in [-0.4, -0.2) is 36.5 Å². The number of hydrogen-bond donors (Lipinski definition) is 3. The van der Waals surface area contributed by atoms with Crippen molar-refractivity contribution in [1.29, 1.82) is 0 Å². The SMILES string of the molecule is O=C(NCc1ccc(C(F)(F)F)cc1)[C@@H](CC1CCCCC1)Nc1nc(NCc2cccc(Cl)c2)nc(-n2ccnc2)n1. The van der Waals surface area contributed by atoms with Gasteiger partial charge in [-0.3, -0.25) is 9.36 Å². The van der Waals surface area contributed by atoms with E-state index in [0.717, 1.165) is 43.4 Å². The van der Waals surface area contributed by atoms with Crippen LogP contribution < -0.4 is 16.0 Å². The lowest BCUT2D eigenvalue weighted by Gasteiger charge is -2.27. The Morgan fingerprint density at radius 1 is 0.977 bits per heavy atom. The molecule has 1 aliphatic carbocycles. The van der Waals surface area contributed by atoms with E-state index in [1.807, 2.05) is 18.2 Å². The predicted octanol–water partition coefficient (Wildman–Crippen LogP) is 6.41. The lowest BCUT2D eigenvalue weighted by atomic mass is 9.84. The van der Waals surface area contributed by atoms with Crippen LogP contribution in [0.5, 0.6) is 0 Å². The molecule has 43 heavy (non-hydrogen) atoms. The number of hydrogen-bond acceptors (Lipinski definition) is 7. The van der Waals surface area contributed by atoms with Gasteiger partial charge in [0, 0.05) is 30.5 Å². The Morgan fingerprint density at radius 3 is 2.44 bits per heavy atom. The number of benzene rings is 2. The molecule has 0 saturated heterocycles. The zero-order valence-electron chi connectivity index (χ0n) is 23.3. The first-order valence-electron chi connectivity index (χ1n) is 14.2. The molecule has 1 saturated carbocycles. The summed E-state index contributed by atoms with van der Waals surface area (Å²) in [5, 5.41) is 9.92. The van der Waals surface area contributed by atoms with E-state index < -0.39 is 17.8 Å². The predicted molar refractivity (Wildman–Crippen MR) is 158 cm³/mol. The zero-order valence-corrected chi connectivity index (χ0v) is 24.1. The van der Waals surface area contributed by atoms with E-state index >= 15 is 0 Å². The average molecular weight is 613 g/mol. The number of carbonyl (C=O) groups excluding carboxylic acids is 1. The number of imidazole rings is 1. The third-order valence-corrected chi connectivity index (χ3v) is 7.60. The number of aromatic nitrogens is 5. The number of rotatable bonds is 11. The molecule has 1 aliphatic rings. The fraction of sp³-hybridized carbons (Fsp3) is 0.367. The monoisotopic (exact) mass is 612 g/mol. The van der Waals surface area contributed by atoms with Gasteiger partial charge in [0.05, 0.1) is 5.56 Å². The van der Waals surface area contributed by atoms with Crippen LogP contribution in [0.25, 0.3) is 5.95 Å². The Labute approximate surface area is 252 Å². The number of amides is 1. The van der Waals surface area contributed by atoms with Crippen molar-refractivity contribution >= 4 is 29.4 Å². The summed E-state index contributed by atoms with van der Waals surface area (Å²) >= 11 is 6.13. The highest BCUT2D eigenvalue weighted by molar-refractivity contribution is 6.30. The van der Waals surface area contributed by atoms with Gasteiger partial charge in [0.2, 0.25) is 23.8 Å². The van der Waals surface area contributed by atoms with Crippen molar-refractivity contribution in [3.05, 3.63) is 89.0 Å². The van der Waals surface area contributed by atoms with Gasteiger partial charge >= 0.3 is 6.18 Å². The molecule has 3 N–H and O–H groups in total. The van der Waals surface area contributed by atoms with Crippen LogP contribution in [0.4, 0.5) is 25.1 Å². The first kappa shape index (κ1) is 30.3. The Hall–Kier alpha value is -4.19. The number of nitrogens with one attached hydrogen (secondary N) is 3. The van der Waals surface area contributed by atoms with Gasteiger partial charge in [-0.2, -0.15) is 28.1 Å². The molecule has 13 heteroatoms. The highest BCUT2D eigenvalue weighted by Gasteiger charge is 2.30. The molecule has 9 nitrogen and oxygen atoms in total. The highest BCUT2D eigenvalue weighted by Crippen LogP contribution is 2.30. The van der Waals surface area contributed by atoms with Crippen molar-refractivity contribution in [2.75, 3.05) is 10.6 Å². The molecule has 2 aromatic heterocycles. The maximum Gasteiger partial charge on any atom is 0.416 e. The van der Waals surface area contributed by atoms with Crippen LogP contribution >= 0.6 is 11.6 Å². The summed E-state index contributed by atoms with van der Waals surface area (Å²) in [4.78, 5) is 31.2. The number of carbonyl (C=O) groups is 1. The van der Waals surface area contributed by atoms with Crippen LogP contribution in [0, 0.1) is 5.92 Å². The average Bonchev–Trinajstić information content (AvgIpc) is 3.54. The van der Waals surface area contributed by atoms with Gasteiger partial charge in [0.15, 0.2) is 0 Å². The second-order valence-electron chi connectivity index (χ2n) is 10.6. The van der Waals surface area contributed by atoms with E-state index in [4.69, 9.17) is 11.6 Å². The topological polar surface area (TPSA) is 110 Å². The Bertz CT molecular complexity index is 1490. The lowest BCUT2D eigenvalue weighted by molar-refractivity contribution is -0.137. The van der Waals surface area contributed by atoms with E-state index in [-0.39, 0.29) is 18.4 Å². The molecule has 226 valence electrons. The minimum atomic E-state index is -4.42. The number of nitrogens with zero attached hydrogens (tertiary/aromatic N) is 5. The molecule has 1 amide bonds. The van der Waals surface area contributed by atoms with Gasteiger partial charge in [-0.15, -0.1) is 0 Å². The second-order valence-corrected chi connectivity index (χ2v) is 11.0. The Morgan fingerprint density at radius 2 is 1.74 bits per heavy atom. The summed E-state index contributed by atoms with van der Waals surface area (Å²) in [5.41, 5.74) is 0.764. The van der Waals surface area contributed by atoms with Crippen LogP contribution in [0.15, 0.2) is 67.3 Å². The molecular weight excluding hydrogens is 581 g/mol. The third-order valence-electron chi connectivity index (χ3n) is 7.36. The molecule has 1 atom stereocenters. The van der Waals surface area contributed by atoms with Gasteiger partial charge in [-0.1, -0.05) is 68.0 Å². The summed E-state index contributed by atoms with van der Waals surface area (Å²) in [6, 6.07) is 11.5. The second kappa shape index (κ2) is 13.9. The van der Waals surface area contributed by atoms with Gasteiger partial charge in [0.1, 0.15) is 12.4 Å². The fourth-order valence-corrected chi connectivity index (χ4v) is 5.31. The van der Waals surface area contributed by atoms with Gasteiger partial charge in [-0.05, 0) is 47.7 Å². The minimum Gasteiger partial charge on any atom is -0.350 e. The van der Waals surface area contributed by atoms with E-state index in [0.29, 0.717) is 41.4 Å². The first-order chi connectivity index (χ1) is 20.7. The molecule has 0 aliphatic heterocycles. The summed E-state index contributed by atoms with van der Waals surface area (Å²) in [6.07, 6.45) is 6.47. The Kier molecular flexibility index (Phi) is 9.75.